The van der Waals surface area contributed by atoms with Crippen LogP contribution in [0.15, 0.2) is 11.6 Å². The Hall–Kier alpha value is -0.630. The SMILES string of the molecule is O=C(C1=CCCCCC1)C1CCNCC1. The molecule has 84 valence electrons. The van der Waals surface area contributed by atoms with Crippen LogP contribution < -0.4 is 5.32 Å². The van der Waals surface area contributed by atoms with E-state index in [0.717, 1.165) is 44.3 Å². The lowest BCUT2D eigenvalue weighted by Crippen LogP contribution is -2.32. The number of Topliss-reactive ketones (excluding diaryl/α,β-unsaturated/α-hetero) is 1. The van der Waals surface area contributed by atoms with Gasteiger partial charge in [0, 0.05) is 5.92 Å². The summed E-state index contributed by atoms with van der Waals surface area (Å²) in [5.74, 6) is 0.772. The van der Waals surface area contributed by atoms with Gasteiger partial charge in [-0.15, -0.1) is 0 Å². The van der Waals surface area contributed by atoms with E-state index in [1.165, 1.54) is 19.3 Å². The van der Waals surface area contributed by atoms with Crippen molar-refractivity contribution in [3.8, 4) is 0 Å². The Labute approximate surface area is 92.1 Å². The molecule has 1 aliphatic heterocycles. The van der Waals surface area contributed by atoms with Crippen molar-refractivity contribution in [2.45, 2.75) is 44.9 Å². The first kappa shape index (κ1) is 10.9. The molecule has 1 aliphatic carbocycles. The van der Waals surface area contributed by atoms with E-state index in [0.29, 0.717) is 11.7 Å². The fourth-order valence-corrected chi connectivity index (χ4v) is 2.59. The highest BCUT2D eigenvalue weighted by molar-refractivity contribution is 5.97. The average molecular weight is 207 g/mol. The van der Waals surface area contributed by atoms with Gasteiger partial charge < -0.3 is 5.32 Å². The number of carbonyl (C=O) groups is 1. The first-order valence-electron chi connectivity index (χ1n) is 6.32. The summed E-state index contributed by atoms with van der Waals surface area (Å²) in [6, 6.07) is 0. The van der Waals surface area contributed by atoms with Crippen LogP contribution >= 0.6 is 0 Å². The monoisotopic (exact) mass is 207 g/mol. The van der Waals surface area contributed by atoms with Gasteiger partial charge in [0.25, 0.3) is 0 Å². The van der Waals surface area contributed by atoms with Crippen LogP contribution in [-0.4, -0.2) is 18.9 Å². The minimum absolute atomic E-state index is 0.315. The molecule has 0 spiro atoms. The maximum Gasteiger partial charge on any atom is 0.161 e. The smallest absolute Gasteiger partial charge is 0.161 e. The quantitative estimate of drug-likeness (QED) is 0.753. The first-order valence-corrected chi connectivity index (χ1v) is 6.32. The minimum atomic E-state index is 0.315. The van der Waals surface area contributed by atoms with Gasteiger partial charge in [-0.3, -0.25) is 4.79 Å². The van der Waals surface area contributed by atoms with Gasteiger partial charge in [0.15, 0.2) is 5.78 Å². The van der Waals surface area contributed by atoms with Gasteiger partial charge in [0.1, 0.15) is 0 Å². The Balaban J connectivity index is 1.95. The van der Waals surface area contributed by atoms with Crippen molar-refractivity contribution >= 4 is 5.78 Å². The van der Waals surface area contributed by atoms with E-state index in [4.69, 9.17) is 0 Å². The Morgan fingerprint density at radius 3 is 2.80 bits per heavy atom. The van der Waals surface area contributed by atoms with E-state index in [2.05, 4.69) is 11.4 Å². The molecule has 0 atom stereocenters. The van der Waals surface area contributed by atoms with Gasteiger partial charge in [-0.25, -0.2) is 0 Å². The third-order valence-corrected chi connectivity index (χ3v) is 3.57. The van der Waals surface area contributed by atoms with Crippen LogP contribution in [0.2, 0.25) is 0 Å². The van der Waals surface area contributed by atoms with Gasteiger partial charge in [0.05, 0.1) is 0 Å². The molecule has 1 heterocycles. The number of hydrogen-bond donors (Lipinski definition) is 1. The zero-order valence-corrected chi connectivity index (χ0v) is 9.43. The minimum Gasteiger partial charge on any atom is -0.317 e. The van der Waals surface area contributed by atoms with Gasteiger partial charge in [-0.2, -0.15) is 0 Å². The van der Waals surface area contributed by atoms with Crippen LogP contribution in [0.1, 0.15) is 44.9 Å². The van der Waals surface area contributed by atoms with Crippen LogP contribution in [-0.2, 0) is 4.79 Å². The Kier molecular flexibility index (Phi) is 3.95. The van der Waals surface area contributed by atoms with E-state index in [1.807, 2.05) is 0 Å². The Morgan fingerprint density at radius 2 is 2.00 bits per heavy atom. The summed E-state index contributed by atoms with van der Waals surface area (Å²) < 4.78 is 0. The normalized spacial score (nSPS) is 24.4. The van der Waals surface area contributed by atoms with Crippen molar-refractivity contribution < 1.29 is 4.79 Å². The first-order chi connectivity index (χ1) is 7.38. The van der Waals surface area contributed by atoms with E-state index in [9.17, 15) is 4.79 Å². The van der Waals surface area contributed by atoms with Gasteiger partial charge in [0.2, 0.25) is 0 Å². The maximum absolute atomic E-state index is 12.2. The van der Waals surface area contributed by atoms with Crippen molar-refractivity contribution in [1.29, 1.82) is 0 Å². The molecule has 0 aromatic rings. The molecule has 1 fully saturated rings. The number of rotatable bonds is 2. The largest absolute Gasteiger partial charge is 0.317 e. The molecule has 2 aliphatic rings. The molecule has 0 amide bonds. The van der Waals surface area contributed by atoms with Crippen LogP contribution in [0, 0.1) is 5.92 Å². The molecule has 15 heavy (non-hydrogen) atoms. The number of allylic oxidation sites excluding steroid dienone is 2. The van der Waals surface area contributed by atoms with Crippen molar-refractivity contribution in [3.05, 3.63) is 11.6 Å². The molecular formula is C13H21NO. The third-order valence-electron chi connectivity index (χ3n) is 3.57. The van der Waals surface area contributed by atoms with Crippen molar-refractivity contribution in [2.75, 3.05) is 13.1 Å². The molecule has 2 rings (SSSR count). The highest BCUT2D eigenvalue weighted by atomic mass is 16.1. The zero-order valence-electron chi connectivity index (χ0n) is 9.43. The lowest BCUT2D eigenvalue weighted by atomic mass is 9.88. The molecule has 1 N–H and O–H groups in total. The lowest BCUT2D eigenvalue weighted by molar-refractivity contribution is -0.120. The number of hydrogen-bond acceptors (Lipinski definition) is 2. The summed E-state index contributed by atoms with van der Waals surface area (Å²) in [6.07, 6.45) is 10.2. The molecule has 0 aromatic carbocycles. The van der Waals surface area contributed by atoms with E-state index < -0.39 is 0 Å². The standard InChI is InChI=1S/C13H21NO/c15-13(12-7-9-14-10-8-12)11-5-3-1-2-4-6-11/h5,12,14H,1-4,6-10H2. The van der Waals surface area contributed by atoms with Gasteiger partial charge in [-0.1, -0.05) is 12.5 Å². The van der Waals surface area contributed by atoms with E-state index in [1.54, 1.807) is 0 Å². The molecule has 0 radical (unpaired) electrons. The second-order valence-electron chi connectivity index (χ2n) is 4.72. The maximum atomic E-state index is 12.2. The third kappa shape index (κ3) is 2.91. The number of nitrogens with one attached hydrogen (secondary N) is 1. The molecule has 0 bridgehead atoms. The summed E-state index contributed by atoms with van der Waals surface area (Å²) in [5.41, 5.74) is 1.14. The summed E-state index contributed by atoms with van der Waals surface area (Å²) in [7, 11) is 0. The molecule has 2 heteroatoms. The second-order valence-corrected chi connectivity index (χ2v) is 4.72. The molecule has 0 unspecified atom stereocenters. The molecule has 0 saturated carbocycles. The van der Waals surface area contributed by atoms with Crippen LogP contribution in [0.5, 0.6) is 0 Å². The number of piperidine rings is 1. The Bertz CT molecular complexity index is 251. The Morgan fingerprint density at radius 1 is 1.20 bits per heavy atom. The van der Waals surface area contributed by atoms with Crippen molar-refractivity contribution in [2.24, 2.45) is 5.92 Å². The van der Waals surface area contributed by atoms with Gasteiger partial charge in [-0.05, 0) is 57.2 Å². The van der Waals surface area contributed by atoms with Crippen LogP contribution in [0.4, 0.5) is 0 Å². The fourth-order valence-electron chi connectivity index (χ4n) is 2.59. The van der Waals surface area contributed by atoms with Crippen molar-refractivity contribution in [1.82, 2.24) is 5.32 Å². The average Bonchev–Trinajstić information content (AvgIpc) is 2.58. The summed E-state index contributed by atoms with van der Waals surface area (Å²) in [4.78, 5) is 12.2. The van der Waals surface area contributed by atoms with E-state index >= 15 is 0 Å². The summed E-state index contributed by atoms with van der Waals surface area (Å²) in [5, 5.41) is 3.31. The van der Waals surface area contributed by atoms with Gasteiger partial charge >= 0.3 is 0 Å². The zero-order chi connectivity index (χ0) is 10.5. The highest BCUT2D eigenvalue weighted by Crippen LogP contribution is 2.24. The summed E-state index contributed by atoms with van der Waals surface area (Å²) in [6.45, 7) is 2.04. The molecular weight excluding hydrogens is 186 g/mol. The fraction of sp³-hybridized carbons (Fsp3) is 0.769. The predicted octanol–water partition coefficient (Wildman–Crippen LogP) is 2.45. The second kappa shape index (κ2) is 5.45. The molecule has 0 aromatic heterocycles. The molecule has 1 saturated heterocycles. The van der Waals surface area contributed by atoms with Crippen LogP contribution in [0.25, 0.3) is 0 Å². The topological polar surface area (TPSA) is 29.1 Å². The lowest BCUT2D eigenvalue weighted by Gasteiger charge is -2.22. The summed E-state index contributed by atoms with van der Waals surface area (Å²) >= 11 is 0. The van der Waals surface area contributed by atoms with Crippen molar-refractivity contribution in [3.63, 3.8) is 0 Å². The predicted molar refractivity (Wildman–Crippen MR) is 61.8 cm³/mol. The highest BCUT2D eigenvalue weighted by Gasteiger charge is 2.23. The number of carbonyl (C=O) groups excluding carboxylic acids is 1. The molecule has 2 nitrogen and oxygen atoms in total. The van der Waals surface area contributed by atoms with E-state index in [-0.39, 0.29) is 0 Å². The van der Waals surface area contributed by atoms with Crippen LogP contribution in [0.3, 0.4) is 0 Å². The number of ketones is 1.